The molecule has 0 bridgehead atoms. The van der Waals surface area contributed by atoms with Gasteiger partial charge in [0.05, 0.1) is 13.7 Å². The fourth-order valence-electron chi connectivity index (χ4n) is 0.829. The minimum atomic E-state index is 0.334. The summed E-state index contributed by atoms with van der Waals surface area (Å²) in [5.41, 5.74) is 0.334. The minimum absolute atomic E-state index is 0.334. The number of rotatable bonds is 1. The molecule has 0 unspecified atom stereocenters. The highest BCUT2D eigenvalue weighted by Gasteiger charge is 2.11. The zero-order chi connectivity index (χ0) is 8.27. The van der Waals surface area contributed by atoms with Crippen LogP contribution in [0.3, 0.4) is 0 Å². The molecule has 0 fully saturated rings. The van der Waals surface area contributed by atoms with Crippen molar-refractivity contribution in [3.05, 3.63) is 23.6 Å². The van der Waals surface area contributed by atoms with Crippen molar-refractivity contribution in [2.45, 2.75) is 0 Å². The molecule has 1 N–H and O–H groups in total. The highest BCUT2D eigenvalue weighted by atomic mass is 16.5. The van der Waals surface area contributed by atoms with Gasteiger partial charge in [-0.2, -0.15) is 5.26 Å². The summed E-state index contributed by atoms with van der Waals surface area (Å²) in [6.45, 7) is 0.356. The molecule has 4 nitrogen and oxygen atoms in total. The highest BCUT2D eigenvalue weighted by molar-refractivity contribution is 5.39. The van der Waals surface area contributed by atoms with E-state index in [-0.39, 0.29) is 0 Å². The van der Waals surface area contributed by atoms with Crippen LogP contribution in [0.1, 0.15) is 0 Å². The molecule has 0 saturated carbocycles. The molecule has 0 aromatic carbocycles. The first-order valence-corrected chi connectivity index (χ1v) is 3.10. The number of ether oxygens (including phenoxy) is 1. The Morgan fingerprint density at radius 1 is 1.82 bits per heavy atom. The van der Waals surface area contributed by atoms with Gasteiger partial charge >= 0.3 is 0 Å². The summed E-state index contributed by atoms with van der Waals surface area (Å²) >= 11 is 0. The van der Waals surface area contributed by atoms with Crippen LogP contribution in [0.5, 0.6) is 0 Å². The predicted molar refractivity (Wildman–Crippen MR) is 37.3 cm³/mol. The molecule has 1 aliphatic heterocycles. The Labute approximate surface area is 64.6 Å². The normalized spacial score (nSPS) is 16.6. The van der Waals surface area contributed by atoms with E-state index in [0.29, 0.717) is 17.9 Å². The van der Waals surface area contributed by atoms with E-state index in [9.17, 15) is 0 Å². The molecule has 0 radical (unpaired) electrons. The smallest absolute Gasteiger partial charge is 0.136 e. The van der Waals surface area contributed by atoms with Crippen LogP contribution in [0.25, 0.3) is 0 Å². The van der Waals surface area contributed by atoms with Crippen molar-refractivity contribution in [1.29, 1.82) is 5.26 Å². The third-order valence-corrected chi connectivity index (χ3v) is 1.35. The molecule has 0 spiro atoms. The number of hydroxylamine groups is 2. The van der Waals surface area contributed by atoms with E-state index in [4.69, 9.17) is 15.2 Å². The number of nitriles is 1. The van der Waals surface area contributed by atoms with Gasteiger partial charge in [-0.05, 0) is 6.08 Å². The Morgan fingerprint density at radius 3 is 3.09 bits per heavy atom. The van der Waals surface area contributed by atoms with Gasteiger partial charge in [0.2, 0.25) is 0 Å². The second-order valence-electron chi connectivity index (χ2n) is 2.05. The molecule has 1 aliphatic rings. The van der Waals surface area contributed by atoms with E-state index in [1.807, 2.05) is 6.07 Å². The number of methoxy groups -OCH3 is 1. The first-order valence-electron chi connectivity index (χ1n) is 3.10. The van der Waals surface area contributed by atoms with Gasteiger partial charge in [0.15, 0.2) is 0 Å². The molecule has 0 aromatic heterocycles. The molecular weight excluding hydrogens is 144 g/mol. The van der Waals surface area contributed by atoms with Crippen LogP contribution in [0.15, 0.2) is 23.6 Å². The van der Waals surface area contributed by atoms with Crippen molar-refractivity contribution < 1.29 is 9.94 Å². The molecule has 0 aromatic rings. The summed E-state index contributed by atoms with van der Waals surface area (Å²) in [6, 6.07) is 1.90. The van der Waals surface area contributed by atoms with Crippen molar-refractivity contribution >= 4 is 0 Å². The lowest BCUT2D eigenvalue weighted by Crippen LogP contribution is -2.17. The van der Waals surface area contributed by atoms with Crippen molar-refractivity contribution in [3.63, 3.8) is 0 Å². The molecule has 1 rings (SSSR count). The summed E-state index contributed by atoms with van der Waals surface area (Å²) in [5.74, 6) is 0.512. The maximum absolute atomic E-state index is 8.93. The maximum atomic E-state index is 8.93. The average Bonchev–Trinajstić information content (AvgIpc) is 2.04. The summed E-state index contributed by atoms with van der Waals surface area (Å²) < 4.78 is 4.88. The Kier molecular flexibility index (Phi) is 2.14. The Morgan fingerprint density at radius 2 is 2.55 bits per heavy atom. The molecule has 1 heterocycles. The quantitative estimate of drug-likeness (QED) is 0.598. The molecule has 0 aliphatic carbocycles. The Hall–Kier alpha value is -1.47. The van der Waals surface area contributed by atoms with Crippen LogP contribution in [-0.4, -0.2) is 23.9 Å². The lowest BCUT2D eigenvalue weighted by Gasteiger charge is -2.16. The third-order valence-electron chi connectivity index (χ3n) is 1.35. The van der Waals surface area contributed by atoms with E-state index < -0.39 is 0 Å². The number of hydrogen-bond donors (Lipinski definition) is 1. The molecule has 11 heavy (non-hydrogen) atoms. The highest BCUT2D eigenvalue weighted by Crippen LogP contribution is 2.14. The largest absolute Gasteiger partial charge is 0.496 e. The van der Waals surface area contributed by atoms with Gasteiger partial charge in [0.1, 0.15) is 17.4 Å². The second-order valence-corrected chi connectivity index (χ2v) is 2.05. The first-order chi connectivity index (χ1) is 5.27. The van der Waals surface area contributed by atoms with E-state index in [0.717, 1.165) is 5.06 Å². The van der Waals surface area contributed by atoms with Gasteiger partial charge in [-0.3, -0.25) is 10.3 Å². The molecule has 0 amide bonds. The average molecular weight is 152 g/mol. The van der Waals surface area contributed by atoms with Crippen LogP contribution >= 0.6 is 0 Å². The van der Waals surface area contributed by atoms with Gasteiger partial charge in [-0.15, -0.1) is 0 Å². The fourth-order valence-corrected chi connectivity index (χ4v) is 0.829. The van der Waals surface area contributed by atoms with Crippen LogP contribution < -0.4 is 0 Å². The van der Waals surface area contributed by atoms with Crippen LogP contribution in [0.4, 0.5) is 0 Å². The lowest BCUT2D eigenvalue weighted by molar-refractivity contribution is -0.0327. The summed E-state index contributed by atoms with van der Waals surface area (Å²) in [4.78, 5) is 0. The topological polar surface area (TPSA) is 56.5 Å². The molecule has 4 heteroatoms. The van der Waals surface area contributed by atoms with Crippen LogP contribution in [0, 0.1) is 11.3 Å². The van der Waals surface area contributed by atoms with Crippen molar-refractivity contribution in [1.82, 2.24) is 5.06 Å². The summed E-state index contributed by atoms with van der Waals surface area (Å²) in [7, 11) is 1.49. The zero-order valence-corrected chi connectivity index (χ0v) is 6.11. The standard InChI is InChI=1S/C7H8N2O2/c1-11-7-2-3-9(10)5-6(7)4-8/h2,5,10H,3H2,1H3. The summed E-state index contributed by atoms with van der Waals surface area (Å²) in [5, 5.41) is 18.4. The lowest BCUT2D eigenvalue weighted by atomic mass is 10.2. The van der Waals surface area contributed by atoms with Crippen molar-refractivity contribution in [2.24, 2.45) is 0 Å². The second kappa shape index (κ2) is 3.08. The van der Waals surface area contributed by atoms with Gasteiger partial charge in [-0.25, -0.2) is 0 Å². The van der Waals surface area contributed by atoms with Gasteiger partial charge in [0, 0.05) is 6.20 Å². The van der Waals surface area contributed by atoms with E-state index >= 15 is 0 Å². The Bertz CT molecular complexity index is 250. The van der Waals surface area contributed by atoms with Crippen molar-refractivity contribution in [3.8, 4) is 6.07 Å². The minimum Gasteiger partial charge on any atom is -0.496 e. The van der Waals surface area contributed by atoms with Gasteiger partial charge in [-0.1, -0.05) is 0 Å². The molecule has 0 saturated heterocycles. The monoisotopic (exact) mass is 152 g/mol. The van der Waals surface area contributed by atoms with E-state index in [1.165, 1.54) is 13.3 Å². The number of hydrogen-bond acceptors (Lipinski definition) is 4. The number of allylic oxidation sites excluding steroid dienone is 1. The first kappa shape index (κ1) is 7.63. The third kappa shape index (κ3) is 1.51. The Balaban J connectivity index is 2.85. The molecular formula is C7H8N2O2. The van der Waals surface area contributed by atoms with Gasteiger partial charge < -0.3 is 4.74 Å². The van der Waals surface area contributed by atoms with E-state index in [1.54, 1.807) is 6.08 Å². The number of nitrogens with zero attached hydrogens (tertiary/aromatic N) is 2. The van der Waals surface area contributed by atoms with E-state index in [2.05, 4.69) is 0 Å². The molecule has 0 atom stereocenters. The zero-order valence-electron chi connectivity index (χ0n) is 6.11. The maximum Gasteiger partial charge on any atom is 0.136 e. The van der Waals surface area contributed by atoms with Crippen LogP contribution in [0.2, 0.25) is 0 Å². The predicted octanol–water partition coefficient (Wildman–Crippen LogP) is 0.629. The molecule has 58 valence electrons. The SMILES string of the molecule is COC1=CCN(O)C=C1C#N. The van der Waals surface area contributed by atoms with Crippen molar-refractivity contribution in [2.75, 3.05) is 13.7 Å². The van der Waals surface area contributed by atoms with Gasteiger partial charge in [0.25, 0.3) is 0 Å². The summed E-state index contributed by atoms with van der Waals surface area (Å²) in [6.07, 6.45) is 2.97. The fraction of sp³-hybridized carbons (Fsp3) is 0.286. The van der Waals surface area contributed by atoms with Crippen LogP contribution in [-0.2, 0) is 4.74 Å².